The number of aromatic nitrogens is 7. The summed E-state index contributed by atoms with van der Waals surface area (Å²) in [5.74, 6) is 1.25. The van der Waals surface area contributed by atoms with Gasteiger partial charge in [0.2, 0.25) is 11.9 Å². The third kappa shape index (κ3) is 5.99. The Balaban J connectivity index is 1.06. The molecule has 2 N–H and O–H groups in total. The van der Waals surface area contributed by atoms with Gasteiger partial charge in [0.05, 0.1) is 18.3 Å². The van der Waals surface area contributed by atoms with Crippen molar-refractivity contribution in [1.29, 1.82) is 0 Å². The molecule has 0 atom stereocenters. The van der Waals surface area contributed by atoms with Gasteiger partial charge < -0.3 is 20.3 Å². The van der Waals surface area contributed by atoms with Crippen LogP contribution in [-0.4, -0.2) is 60.6 Å². The predicted octanol–water partition coefficient (Wildman–Crippen LogP) is 3.92. The Morgan fingerprint density at radius 2 is 1.95 bits per heavy atom. The van der Waals surface area contributed by atoms with Crippen molar-refractivity contribution in [3.8, 4) is 6.01 Å². The SMILES string of the molecule is Clc1ccc2c(NCCn3cc(COc4nc(NC5CC5)nc(N5CCCCC5)n4)nn3)ccnc2c1. The van der Waals surface area contributed by atoms with E-state index in [1.165, 1.54) is 6.42 Å². The molecule has 4 aromatic rings. The molecule has 0 unspecified atom stereocenters. The number of fused-ring (bicyclic) bond motifs is 1. The fourth-order valence-corrected chi connectivity index (χ4v) is 4.52. The highest BCUT2D eigenvalue weighted by Gasteiger charge is 2.24. The van der Waals surface area contributed by atoms with Crippen molar-refractivity contribution in [1.82, 2.24) is 34.9 Å². The number of halogens is 1. The van der Waals surface area contributed by atoms with E-state index < -0.39 is 0 Å². The Kier molecular flexibility index (Phi) is 6.85. The normalized spacial score (nSPS) is 15.6. The van der Waals surface area contributed by atoms with Crippen LogP contribution in [0.25, 0.3) is 10.9 Å². The molecule has 1 aliphatic heterocycles. The lowest BCUT2D eigenvalue weighted by Gasteiger charge is -2.26. The summed E-state index contributed by atoms with van der Waals surface area (Å²) in [7, 11) is 0. The van der Waals surface area contributed by atoms with Gasteiger partial charge in [-0.3, -0.25) is 9.67 Å². The van der Waals surface area contributed by atoms with Crippen LogP contribution in [0.2, 0.25) is 5.02 Å². The van der Waals surface area contributed by atoms with Gasteiger partial charge in [-0.2, -0.15) is 15.0 Å². The smallest absolute Gasteiger partial charge is 0.323 e. The van der Waals surface area contributed by atoms with Gasteiger partial charge in [0.25, 0.3) is 0 Å². The summed E-state index contributed by atoms with van der Waals surface area (Å²) in [5, 5.41) is 17.0. The molecule has 1 aliphatic carbocycles. The van der Waals surface area contributed by atoms with E-state index >= 15 is 0 Å². The van der Waals surface area contributed by atoms with E-state index in [9.17, 15) is 0 Å². The molecule has 1 saturated carbocycles. The van der Waals surface area contributed by atoms with E-state index in [1.807, 2.05) is 30.5 Å². The van der Waals surface area contributed by atoms with Crippen molar-refractivity contribution in [2.45, 2.75) is 51.3 Å². The van der Waals surface area contributed by atoms with Gasteiger partial charge in [0, 0.05) is 48.0 Å². The van der Waals surface area contributed by atoms with Crippen LogP contribution in [0.3, 0.4) is 0 Å². The molecule has 0 radical (unpaired) electrons. The highest BCUT2D eigenvalue weighted by molar-refractivity contribution is 6.31. The highest BCUT2D eigenvalue weighted by atomic mass is 35.5. The highest BCUT2D eigenvalue weighted by Crippen LogP contribution is 2.26. The van der Waals surface area contributed by atoms with Gasteiger partial charge in [-0.05, 0) is 56.4 Å². The lowest BCUT2D eigenvalue weighted by atomic mass is 10.1. The number of piperidine rings is 1. The summed E-state index contributed by atoms with van der Waals surface area (Å²) in [6, 6.07) is 8.41. The van der Waals surface area contributed by atoms with E-state index in [-0.39, 0.29) is 6.61 Å². The summed E-state index contributed by atoms with van der Waals surface area (Å²) < 4.78 is 7.72. The number of rotatable bonds is 10. The fourth-order valence-electron chi connectivity index (χ4n) is 4.35. The molecule has 37 heavy (non-hydrogen) atoms. The minimum Gasteiger partial charge on any atom is -0.457 e. The topological polar surface area (TPSA) is 119 Å². The second-order valence-electron chi connectivity index (χ2n) is 9.42. The number of hydrogen-bond acceptors (Lipinski definition) is 10. The molecule has 0 bridgehead atoms. The fraction of sp³-hybridized carbons (Fsp3) is 0.440. The Hall–Kier alpha value is -3.73. The zero-order chi connectivity index (χ0) is 25.0. The van der Waals surface area contributed by atoms with Crippen LogP contribution >= 0.6 is 11.6 Å². The Morgan fingerprint density at radius 3 is 2.81 bits per heavy atom. The second-order valence-corrected chi connectivity index (χ2v) is 9.85. The lowest BCUT2D eigenvalue weighted by molar-refractivity contribution is 0.275. The summed E-state index contributed by atoms with van der Waals surface area (Å²) in [6.07, 6.45) is 9.48. The molecular formula is C25H29ClN10O. The van der Waals surface area contributed by atoms with Crippen LogP contribution in [0.1, 0.15) is 37.8 Å². The molecule has 2 fully saturated rings. The molecule has 192 valence electrons. The van der Waals surface area contributed by atoms with Crippen LogP contribution in [0, 0.1) is 0 Å². The van der Waals surface area contributed by atoms with Crippen molar-refractivity contribution >= 4 is 40.1 Å². The Morgan fingerprint density at radius 1 is 1.05 bits per heavy atom. The molecule has 0 amide bonds. The molecule has 1 saturated heterocycles. The lowest BCUT2D eigenvalue weighted by Crippen LogP contribution is -2.31. The third-order valence-electron chi connectivity index (χ3n) is 6.45. The number of hydrogen-bond donors (Lipinski definition) is 2. The molecule has 4 heterocycles. The van der Waals surface area contributed by atoms with E-state index in [4.69, 9.17) is 16.3 Å². The van der Waals surface area contributed by atoms with Gasteiger partial charge in [0.1, 0.15) is 12.3 Å². The first-order valence-corrected chi connectivity index (χ1v) is 13.1. The van der Waals surface area contributed by atoms with E-state index in [2.05, 4.69) is 45.8 Å². The molecule has 11 nitrogen and oxygen atoms in total. The molecule has 12 heteroatoms. The number of ether oxygens (including phenoxy) is 1. The second kappa shape index (κ2) is 10.7. The standard InChI is InChI=1S/C25H29ClN10O/c26-17-4-7-20-21(8-9-27-22(20)14-17)28-10-13-36-15-19(33-34-36)16-37-25-31-23(29-18-5-6-18)30-24(32-25)35-11-2-1-3-12-35/h4,7-9,14-15,18H,1-3,5-6,10-13,16H2,(H,27,28)(H,29,30,31,32). The molecule has 2 aliphatic rings. The number of pyridine rings is 1. The van der Waals surface area contributed by atoms with E-state index in [0.29, 0.717) is 47.8 Å². The van der Waals surface area contributed by atoms with Crippen molar-refractivity contribution < 1.29 is 4.74 Å². The summed E-state index contributed by atoms with van der Waals surface area (Å²) in [5.41, 5.74) is 2.57. The van der Waals surface area contributed by atoms with Crippen LogP contribution in [0.4, 0.5) is 17.6 Å². The van der Waals surface area contributed by atoms with Crippen LogP contribution < -0.4 is 20.3 Å². The monoisotopic (exact) mass is 520 g/mol. The average Bonchev–Trinajstić information content (AvgIpc) is 3.62. The van der Waals surface area contributed by atoms with Crippen LogP contribution in [-0.2, 0) is 13.2 Å². The number of anilines is 3. The first-order valence-electron chi connectivity index (χ1n) is 12.8. The summed E-state index contributed by atoms with van der Waals surface area (Å²) in [4.78, 5) is 20.3. The van der Waals surface area contributed by atoms with Crippen molar-refractivity contribution in [3.05, 3.63) is 47.4 Å². The van der Waals surface area contributed by atoms with Crippen molar-refractivity contribution in [2.24, 2.45) is 0 Å². The molecule has 3 aromatic heterocycles. The molecule has 1 aromatic carbocycles. The van der Waals surface area contributed by atoms with Crippen LogP contribution in [0.15, 0.2) is 36.7 Å². The minimum atomic E-state index is 0.232. The number of benzene rings is 1. The third-order valence-corrected chi connectivity index (χ3v) is 6.68. The Bertz CT molecular complexity index is 1370. The Labute approximate surface area is 219 Å². The van der Waals surface area contributed by atoms with Gasteiger partial charge in [-0.15, -0.1) is 5.10 Å². The minimum absolute atomic E-state index is 0.232. The van der Waals surface area contributed by atoms with E-state index in [0.717, 1.165) is 55.4 Å². The molecule has 6 rings (SSSR count). The average molecular weight is 521 g/mol. The molecular weight excluding hydrogens is 492 g/mol. The zero-order valence-corrected chi connectivity index (χ0v) is 21.2. The maximum absolute atomic E-state index is 6.09. The van der Waals surface area contributed by atoms with Gasteiger partial charge >= 0.3 is 6.01 Å². The van der Waals surface area contributed by atoms with Crippen molar-refractivity contribution in [2.75, 3.05) is 35.2 Å². The van der Waals surface area contributed by atoms with E-state index in [1.54, 1.807) is 10.9 Å². The largest absolute Gasteiger partial charge is 0.457 e. The van der Waals surface area contributed by atoms with Crippen LogP contribution in [0.5, 0.6) is 6.01 Å². The summed E-state index contributed by atoms with van der Waals surface area (Å²) >= 11 is 6.09. The number of nitrogens with zero attached hydrogens (tertiary/aromatic N) is 8. The van der Waals surface area contributed by atoms with Crippen molar-refractivity contribution in [3.63, 3.8) is 0 Å². The first-order chi connectivity index (χ1) is 18.2. The first kappa shape index (κ1) is 23.7. The summed E-state index contributed by atoms with van der Waals surface area (Å²) in [6.45, 7) is 3.46. The maximum atomic E-state index is 6.09. The van der Waals surface area contributed by atoms with Gasteiger partial charge in [-0.1, -0.05) is 16.8 Å². The number of nitrogens with one attached hydrogen (secondary N) is 2. The predicted molar refractivity (Wildman–Crippen MR) is 142 cm³/mol. The van der Waals surface area contributed by atoms with Gasteiger partial charge in [-0.25, -0.2) is 0 Å². The quantitative estimate of drug-likeness (QED) is 0.318. The maximum Gasteiger partial charge on any atom is 0.323 e. The molecule has 0 spiro atoms. The zero-order valence-electron chi connectivity index (χ0n) is 20.5. The van der Waals surface area contributed by atoms with Gasteiger partial charge in [0.15, 0.2) is 0 Å².